The number of likely N-dealkylation sites (tertiary alicyclic amines) is 1. The maximum absolute atomic E-state index is 11.9. The first-order valence-corrected chi connectivity index (χ1v) is 8.46. The van der Waals surface area contributed by atoms with Crippen LogP contribution in [0.1, 0.15) is 12.8 Å². The Hall–Kier alpha value is -2.38. The molecule has 7 nitrogen and oxygen atoms in total. The third-order valence-corrected chi connectivity index (χ3v) is 4.19. The van der Waals surface area contributed by atoms with Crippen LogP contribution in [0.25, 0.3) is 11.1 Å². The summed E-state index contributed by atoms with van der Waals surface area (Å²) in [5.74, 6) is 0.303. The normalized spacial score (nSPS) is 15.9. The van der Waals surface area contributed by atoms with Crippen LogP contribution in [0.4, 0.5) is 0 Å². The summed E-state index contributed by atoms with van der Waals surface area (Å²) >= 11 is 0. The van der Waals surface area contributed by atoms with Crippen LogP contribution in [0.2, 0.25) is 0 Å². The molecule has 0 spiro atoms. The van der Waals surface area contributed by atoms with E-state index in [0.29, 0.717) is 18.9 Å². The summed E-state index contributed by atoms with van der Waals surface area (Å²) in [6.45, 7) is 2.19. The SMILES string of the molecule is Cn1cc(-c2c[c]cc(OCCNC(=O)C(O)N3CCCC3)c2)cn1. The van der Waals surface area contributed by atoms with Crippen molar-refractivity contribution in [2.24, 2.45) is 7.05 Å². The first-order chi connectivity index (χ1) is 12.1. The molecule has 133 valence electrons. The monoisotopic (exact) mass is 343 g/mol. The molecule has 1 aliphatic heterocycles. The Bertz CT molecular complexity index is 710. The van der Waals surface area contributed by atoms with Gasteiger partial charge in [0.1, 0.15) is 12.4 Å². The maximum atomic E-state index is 11.9. The number of benzene rings is 1. The lowest BCUT2D eigenvalue weighted by Gasteiger charge is -2.21. The van der Waals surface area contributed by atoms with Crippen LogP contribution in [0.15, 0.2) is 30.6 Å². The molecule has 1 radical (unpaired) electrons. The molecule has 1 amide bonds. The molecule has 1 aromatic carbocycles. The quantitative estimate of drug-likeness (QED) is 0.727. The van der Waals surface area contributed by atoms with E-state index in [9.17, 15) is 9.90 Å². The molecule has 7 heteroatoms. The Kier molecular flexibility index (Phi) is 5.67. The van der Waals surface area contributed by atoms with Crippen molar-refractivity contribution in [1.82, 2.24) is 20.0 Å². The number of nitrogens with zero attached hydrogens (tertiary/aromatic N) is 3. The summed E-state index contributed by atoms with van der Waals surface area (Å²) in [6.07, 6.45) is 4.69. The van der Waals surface area contributed by atoms with Crippen molar-refractivity contribution in [3.63, 3.8) is 0 Å². The molecule has 1 fully saturated rings. The minimum Gasteiger partial charge on any atom is -0.492 e. The second-order valence-electron chi connectivity index (χ2n) is 6.12. The molecular weight excluding hydrogens is 320 g/mol. The summed E-state index contributed by atoms with van der Waals surface area (Å²) < 4.78 is 7.40. The van der Waals surface area contributed by atoms with E-state index in [1.807, 2.05) is 25.4 Å². The van der Waals surface area contributed by atoms with Gasteiger partial charge in [-0.3, -0.25) is 14.4 Å². The van der Waals surface area contributed by atoms with Gasteiger partial charge < -0.3 is 15.2 Å². The molecule has 0 saturated carbocycles. The highest BCUT2D eigenvalue weighted by Crippen LogP contribution is 2.22. The smallest absolute Gasteiger partial charge is 0.264 e. The number of rotatable bonds is 7. The van der Waals surface area contributed by atoms with E-state index in [1.54, 1.807) is 21.8 Å². The van der Waals surface area contributed by atoms with Gasteiger partial charge in [-0.15, -0.1) is 0 Å². The summed E-state index contributed by atoms with van der Waals surface area (Å²) in [6, 6.07) is 8.58. The van der Waals surface area contributed by atoms with Crippen LogP contribution < -0.4 is 10.1 Å². The molecule has 1 aliphatic rings. The minimum absolute atomic E-state index is 0.322. The van der Waals surface area contributed by atoms with Crippen molar-refractivity contribution >= 4 is 5.91 Å². The predicted molar refractivity (Wildman–Crippen MR) is 92.8 cm³/mol. The lowest BCUT2D eigenvalue weighted by Crippen LogP contribution is -2.46. The van der Waals surface area contributed by atoms with Gasteiger partial charge in [-0.2, -0.15) is 5.10 Å². The summed E-state index contributed by atoms with van der Waals surface area (Å²) in [7, 11) is 1.87. The molecule has 25 heavy (non-hydrogen) atoms. The number of aryl methyl sites for hydroxylation is 1. The molecule has 3 rings (SSSR count). The highest BCUT2D eigenvalue weighted by atomic mass is 16.5. The number of aliphatic hydroxyl groups excluding tert-OH is 1. The lowest BCUT2D eigenvalue weighted by molar-refractivity contribution is -0.138. The van der Waals surface area contributed by atoms with Gasteiger partial charge in [0, 0.05) is 31.9 Å². The molecule has 2 heterocycles. The molecular formula is C18H23N4O3. The zero-order chi connectivity index (χ0) is 17.6. The highest BCUT2D eigenvalue weighted by molar-refractivity contribution is 5.80. The number of hydrogen-bond acceptors (Lipinski definition) is 5. The van der Waals surface area contributed by atoms with Crippen LogP contribution in [0.3, 0.4) is 0 Å². The number of ether oxygens (including phenoxy) is 1. The van der Waals surface area contributed by atoms with Gasteiger partial charge in [-0.25, -0.2) is 0 Å². The molecule has 1 atom stereocenters. The van der Waals surface area contributed by atoms with E-state index < -0.39 is 6.23 Å². The fraction of sp³-hybridized carbons (Fsp3) is 0.444. The van der Waals surface area contributed by atoms with Gasteiger partial charge in [-0.1, -0.05) is 0 Å². The van der Waals surface area contributed by atoms with Gasteiger partial charge in [0.2, 0.25) is 0 Å². The summed E-state index contributed by atoms with van der Waals surface area (Å²) in [5, 5.41) is 16.8. The molecule has 2 N–H and O–H groups in total. The van der Waals surface area contributed by atoms with Gasteiger partial charge >= 0.3 is 0 Å². The van der Waals surface area contributed by atoms with Crippen LogP contribution >= 0.6 is 0 Å². The third kappa shape index (κ3) is 4.58. The standard InChI is InChI=1S/C18H23N4O3/c1-21-13-15(12-20-21)14-5-4-6-16(11-14)25-10-7-19-17(23)18(24)22-8-2-3-9-22/h5-6,11-13,18,24H,2-3,7-10H2,1H3,(H,19,23). The Labute approximate surface area is 147 Å². The van der Waals surface area contributed by atoms with E-state index in [0.717, 1.165) is 37.1 Å². The lowest BCUT2D eigenvalue weighted by atomic mass is 10.1. The van der Waals surface area contributed by atoms with E-state index in [4.69, 9.17) is 4.74 Å². The number of carbonyl (C=O) groups excluding carboxylic acids is 1. The largest absolute Gasteiger partial charge is 0.492 e. The molecule has 2 aromatic rings. The molecule has 0 bridgehead atoms. The van der Waals surface area contributed by atoms with Crippen molar-refractivity contribution < 1.29 is 14.6 Å². The van der Waals surface area contributed by atoms with Gasteiger partial charge in [0.15, 0.2) is 6.23 Å². The van der Waals surface area contributed by atoms with E-state index in [-0.39, 0.29) is 5.91 Å². The minimum atomic E-state index is -1.07. The van der Waals surface area contributed by atoms with E-state index >= 15 is 0 Å². The Morgan fingerprint density at radius 3 is 2.92 bits per heavy atom. The first kappa shape index (κ1) is 17.4. The Morgan fingerprint density at radius 1 is 1.40 bits per heavy atom. The Morgan fingerprint density at radius 2 is 2.20 bits per heavy atom. The average Bonchev–Trinajstić information content (AvgIpc) is 3.30. The van der Waals surface area contributed by atoms with Crippen LogP contribution in [-0.2, 0) is 11.8 Å². The van der Waals surface area contributed by atoms with Gasteiger partial charge in [0.25, 0.3) is 5.91 Å². The second-order valence-corrected chi connectivity index (χ2v) is 6.12. The number of aliphatic hydroxyl groups is 1. The number of nitrogens with one attached hydrogen (secondary N) is 1. The summed E-state index contributed by atoms with van der Waals surface area (Å²) in [4.78, 5) is 13.7. The number of carbonyl (C=O) groups is 1. The molecule has 0 aliphatic carbocycles. The zero-order valence-corrected chi connectivity index (χ0v) is 14.3. The van der Waals surface area contributed by atoms with E-state index in [2.05, 4.69) is 16.5 Å². The highest BCUT2D eigenvalue weighted by Gasteiger charge is 2.25. The number of hydrogen-bond donors (Lipinski definition) is 2. The fourth-order valence-electron chi connectivity index (χ4n) is 2.86. The van der Waals surface area contributed by atoms with Crippen molar-refractivity contribution in [3.05, 3.63) is 36.7 Å². The van der Waals surface area contributed by atoms with Crippen LogP contribution in [0.5, 0.6) is 5.75 Å². The fourth-order valence-corrected chi connectivity index (χ4v) is 2.86. The van der Waals surface area contributed by atoms with Crippen molar-refractivity contribution in [2.75, 3.05) is 26.2 Å². The number of amides is 1. The van der Waals surface area contributed by atoms with Gasteiger partial charge in [-0.05, 0) is 42.7 Å². The molecule has 1 unspecified atom stereocenters. The van der Waals surface area contributed by atoms with Crippen molar-refractivity contribution in [3.8, 4) is 16.9 Å². The first-order valence-electron chi connectivity index (χ1n) is 8.46. The van der Waals surface area contributed by atoms with Crippen LogP contribution in [-0.4, -0.2) is 58.2 Å². The average molecular weight is 343 g/mol. The van der Waals surface area contributed by atoms with E-state index in [1.165, 1.54) is 0 Å². The number of aromatic nitrogens is 2. The molecule has 1 aromatic heterocycles. The second kappa shape index (κ2) is 8.13. The summed E-state index contributed by atoms with van der Waals surface area (Å²) in [5.41, 5.74) is 1.96. The van der Waals surface area contributed by atoms with Crippen molar-refractivity contribution in [1.29, 1.82) is 0 Å². The van der Waals surface area contributed by atoms with Gasteiger partial charge in [0.05, 0.1) is 12.7 Å². The Balaban J connectivity index is 1.45. The zero-order valence-electron chi connectivity index (χ0n) is 14.3. The van der Waals surface area contributed by atoms with Crippen molar-refractivity contribution in [2.45, 2.75) is 19.1 Å². The van der Waals surface area contributed by atoms with Crippen LogP contribution in [0, 0.1) is 6.07 Å². The topological polar surface area (TPSA) is 79.6 Å². The third-order valence-electron chi connectivity index (χ3n) is 4.19. The maximum Gasteiger partial charge on any atom is 0.264 e. The molecule has 1 saturated heterocycles. The predicted octanol–water partition coefficient (Wildman–Crippen LogP) is 0.796.